The van der Waals surface area contributed by atoms with Gasteiger partial charge in [0.1, 0.15) is 11.0 Å². The molecule has 0 unspecified atom stereocenters. The summed E-state index contributed by atoms with van der Waals surface area (Å²) in [5, 5.41) is 2.65. The standard InChI is InChI=1S/C17H15N3O5S/c1-23-13-7-2-3-8-14(13)24-10-16(22)25-9-15(21)18-11-5-4-6-12-17(11)20-26-19-12/h2-8H,9-10H2,1H3,(H,18,21). The smallest absolute Gasteiger partial charge is 0.344 e. The van der Waals surface area contributed by atoms with Crippen molar-refractivity contribution in [1.29, 1.82) is 0 Å². The van der Waals surface area contributed by atoms with Gasteiger partial charge in [0.15, 0.2) is 24.7 Å². The first-order chi connectivity index (χ1) is 12.7. The molecule has 3 aromatic rings. The average molecular weight is 373 g/mol. The van der Waals surface area contributed by atoms with Crippen LogP contribution in [0.25, 0.3) is 11.0 Å². The van der Waals surface area contributed by atoms with E-state index < -0.39 is 18.5 Å². The lowest BCUT2D eigenvalue weighted by molar-refractivity contribution is -0.149. The maximum atomic E-state index is 12.0. The maximum absolute atomic E-state index is 12.0. The molecule has 134 valence electrons. The number of nitrogens with one attached hydrogen (secondary N) is 1. The number of carbonyl (C=O) groups excluding carboxylic acids is 2. The first-order valence-corrected chi connectivity index (χ1v) is 8.33. The van der Waals surface area contributed by atoms with Gasteiger partial charge in [-0.15, -0.1) is 0 Å². The van der Waals surface area contributed by atoms with E-state index >= 15 is 0 Å². The molecule has 0 saturated carbocycles. The zero-order valence-electron chi connectivity index (χ0n) is 13.8. The molecule has 0 aliphatic heterocycles. The number of hydrogen-bond donors (Lipinski definition) is 1. The summed E-state index contributed by atoms with van der Waals surface area (Å²) in [5.74, 6) is -0.224. The third-order valence-electron chi connectivity index (χ3n) is 3.34. The number of fused-ring (bicyclic) bond motifs is 1. The van der Waals surface area contributed by atoms with Crippen molar-refractivity contribution >= 4 is 40.3 Å². The van der Waals surface area contributed by atoms with Crippen molar-refractivity contribution in [2.75, 3.05) is 25.6 Å². The number of nitrogens with zero attached hydrogens (tertiary/aromatic N) is 2. The van der Waals surface area contributed by atoms with Crippen LogP contribution in [0.15, 0.2) is 42.5 Å². The van der Waals surface area contributed by atoms with E-state index in [4.69, 9.17) is 14.2 Å². The summed E-state index contributed by atoms with van der Waals surface area (Å²) in [6.07, 6.45) is 0. The molecule has 0 radical (unpaired) electrons. The van der Waals surface area contributed by atoms with Gasteiger partial charge in [0, 0.05) is 0 Å². The van der Waals surface area contributed by atoms with E-state index in [-0.39, 0.29) is 6.61 Å². The molecule has 0 bridgehead atoms. The Labute approximate surface area is 153 Å². The summed E-state index contributed by atoms with van der Waals surface area (Å²) in [5.41, 5.74) is 1.80. The number of amides is 1. The summed E-state index contributed by atoms with van der Waals surface area (Å²) in [4.78, 5) is 23.7. The van der Waals surface area contributed by atoms with Gasteiger partial charge in [0.2, 0.25) is 0 Å². The van der Waals surface area contributed by atoms with Crippen molar-refractivity contribution in [2.45, 2.75) is 0 Å². The highest BCUT2D eigenvalue weighted by Crippen LogP contribution is 2.25. The first kappa shape index (κ1) is 17.6. The molecule has 0 fully saturated rings. The number of rotatable bonds is 7. The number of methoxy groups -OCH3 is 1. The van der Waals surface area contributed by atoms with Gasteiger partial charge in [0.25, 0.3) is 5.91 Å². The molecule has 1 N–H and O–H groups in total. The van der Waals surface area contributed by atoms with Crippen molar-refractivity contribution in [3.63, 3.8) is 0 Å². The Morgan fingerprint density at radius 2 is 1.85 bits per heavy atom. The van der Waals surface area contributed by atoms with Crippen molar-refractivity contribution in [3.05, 3.63) is 42.5 Å². The molecule has 0 saturated heterocycles. The maximum Gasteiger partial charge on any atom is 0.344 e. The highest BCUT2D eigenvalue weighted by Gasteiger charge is 2.12. The summed E-state index contributed by atoms with van der Waals surface area (Å²) < 4.78 is 23.6. The van der Waals surface area contributed by atoms with E-state index in [9.17, 15) is 9.59 Å². The van der Waals surface area contributed by atoms with Gasteiger partial charge in [-0.25, -0.2) is 4.79 Å². The second kappa shape index (κ2) is 8.26. The minimum absolute atomic E-state index is 0.334. The molecule has 1 amide bonds. The third-order valence-corrected chi connectivity index (χ3v) is 3.88. The monoisotopic (exact) mass is 373 g/mol. The predicted octanol–water partition coefficient (Wildman–Crippen LogP) is 2.26. The summed E-state index contributed by atoms with van der Waals surface area (Å²) in [6, 6.07) is 12.2. The molecule has 1 aromatic heterocycles. The molecule has 0 atom stereocenters. The minimum atomic E-state index is -0.667. The Hall–Kier alpha value is -3.20. The lowest BCUT2D eigenvalue weighted by Crippen LogP contribution is -2.23. The van der Waals surface area contributed by atoms with E-state index in [1.807, 2.05) is 0 Å². The van der Waals surface area contributed by atoms with Gasteiger partial charge < -0.3 is 19.5 Å². The normalized spacial score (nSPS) is 10.3. The predicted molar refractivity (Wildman–Crippen MR) is 95.5 cm³/mol. The molecule has 1 heterocycles. The second-order valence-corrected chi connectivity index (χ2v) is 5.61. The minimum Gasteiger partial charge on any atom is -0.493 e. The van der Waals surface area contributed by atoms with Gasteiger partial charge in [-0.2, -0.15) is 8.75 Å². The van der Waals surface area contributed by atoms with Crippen LogP contribution in [0.3, 0.4) is 0 Å². The van der Waals surface area contributed by atoms with Gasteiger partial charge in [0.05, 0.1) is 24.5 Å². The van der Waals surface area contributed by atoms with Crippen LogP contribution in [0, 0.1) is 0 Å². The van der Waals surface area contributed by atoms with E-state index in [0.29, 0.717) is 28.2 Å². The van der Waals surface area contributed by atoms with Crippen molar-refractivity contribution < 1.29 is 23.8 Å². The molecule has 9 heteroatoms. The van der Waals surface area contributed by atoms with Gasteiger partial charge in [-0.1, -0.05) is 18.2 Å². The van der Waals surface area contributed by atoms with E-state index in [1.165, 1.54) is 7.11 Å². The lowest BCUT2D eigenvalue weighted by atomic mass is 10.2. The molecule has 8 nitrogen and oxygen atoms in total. The van der Waals surface area contributed by atoms with Crippen LogP contribution < -0.4 is 14.8 Å². The highest BCUT2D eigenvalue weighted by atomic mass is 32.1. The Balaban J connectivity index is 1.48. The number of carbonyl (C=O) groups is 2. The lowest BCUT2D eigenvalue weighted by Gasteiger charge is -2.10. The van der Waals surface area contributed by atoms with Crippen molar-refractivity contribution in [2.24, 2.45) is 0 Å². The number of anilines is 1. The Morgan fingerprint density at radius 3 is 2.65 bits per heavy atom. The number of ether oxygens (including phenoxy) is 3. The summed E-state index contributed by atoms with van der Waals surface area (Å²) in [6.45, 7) is -0.763. The van der Waals surface area contributed by atoms with Crippen LogP contribution in [0.2, 0.25) is 0 Å². The molecule has 0 aliphatic rings. The molecule has 0 aliphatic carbocycles. The van der Waals surface area contributed by atoms with Crippen LogP contribution in [0.4, 0.5) is 5.69 Å². The quantitative estimate of drug-likeness (QED) is 0.634. The molecule has 3 rings (SSSR count). The van der Waals surface area contributed by atoms with Crippen LogP contribution in [-0.4, -0.2) is 40.9 Å². The molecule has 26 heavy (non-hydrogen) atoms. The van der Waals surface area contributed by atoms with Crippen molar-refractivity contribution in [1.82, 2.24) is 8.75 Å². The number of hydrogen-bond acceptors (Lipinski definition) is 8. The Morgan fingerprint density at radius 1 is 1.04 bits per heavy atom. The largest absolute Gasteiger partial charge is 0.493 e. The topological polar surface area (TPSA) is 99.6 Å². The fourth-order valence-corrected chi connectivity index (χ4v) is 2.71. The fourth-order valence-electron chi connectivity index (χ4n) is 2.16. The Bertz CT molecular complexity index is 927. The number of aromatic nitrogens is 2. The molecule has 2 aromatic carbocycles. The van der Waals surface area contributed by atoms with Crippen LogP contribution in [0.5, 0.6) is 11.5 Å². The number of benzene rings is 2. The van der Waals surface area contributed by atoms with Crippen molar-refractivity contribution in [3.8, 4) is 11.5 Å². The van der Waals surface area contributed by atoms with E-state index in [2.05, 4.69) is 14.1 Å². The van der Waals surface area contributed by atoms with E-state index in [1.54, 1.807) is 42.5 Å². The highest BCUT2D eigenvalue weighted by molar-refractivity contribution is 7.00. The molecular formula is C17H15N3O5S. The SMILES string of the molecule is COc1ccccc1OCC(=O)OCC(=O)Nc1cccc2nsnc12. The zero-order chi connectivity index (χ0) is 18.4. The van der Waals surface area contributed by atoms with Gasteiger partial charge in [-0.05, 0) is 24.3 Å². The number of esters is 1. The fraction of sp³-hybridized carbons (Fsp3) is 0.176. The second-order valence-electron chi connectivity index (χ2n) is 5.09. The Kier molecular flexibility index (Phi) is 5.59. The molecule has 0 spiro atoms. The average Bonchev–Trinajstić information content (AvgIpc) is 3.15. The number of para-hydroxylation sites is 2. The summed E-state index contributed by atoms with van der Waals surface area (Å²) >= 11 is 1.06. The first-order valence-electron chi connectivity index (χ1n) is 7.60. The van der Waals surface area contributed by atoms with Crippen LogP contribution in [0.1, 0.15) is 0 Å². The molecular weight excluding hydrogens is 358 g/mol. The van der Waals surface area contributed by atoms with Gasteiger partial charge in [-0.3, -0.25) is 4.79 Å². The van der Waals surface area contributed by atoms with E-state index in [0.717, 1.165) is 11.7 Å². The van der Waals surface area contributed by atoms with Gasteiger partial charge >= 0.3 is 5.97 Å². The third kappa shape index (κ3) is 4.25. The zero-order valence-corrected chi connectivity index (χ0v) is 14.6. The summed E-state index contributed by atoms with van der Waals surface area (Å²) in [7, 11) is 1.50. The van der Waals surface area contributed by atoms with Crippen LogP contribution in [-0.2, 0) is 14.3 Å². The van der Waals surface area contributed by atoms with Crippen LogP contribution >= 0.6 is 11.7 Å².